The predicted octanol–water partition coefficient (Wildman–Crippen LogP) is 3.27. The lowest BCUT2D eigenvalue weighted by atomic mass is 9.86. The smallest absolute Gasteiger partial charge is 0.253 e. The van der Waals surface area contributed by atoms with Crippen LogP contribution in [0.4, 0.5) is 5.69 Å². The van der Waals surface area contributed by atoms with E-state index in [1.54, 1.807) is 0 Å². The lowest BCUT2D eigenvalue weighted by Gasteiger charge is -2.31. The van der Waals surface area contributed by atoms with E-state index < -0.39 is 5.60 Å². The molecule has 0 saturated carbocycles. The van der Waals surface area contributed by atoms with E-state index in [1.807, 2.05) is 55.4 Å². The van der Waals surface area contributed by atoms with Gasteiger partial charge in [0.05, 0.1) is 5.69 Å². The van der Waals surface area contributed by atoms with Crippen LogP contribution in [0.25, 0.3) is 0 Å². The predicted molar refractivity (Wildman–Crippen MR) is 101 cm³/mol. The summed E-state index contributed by atoms with van der Waals surface area (Å²) in [4.78, 5) is 16.8. The molecule has 132 valence electrons. The molecule has 25 heavy (non-hydrogen) atoms. The van der Waals surface area contributed by atoms with Gasteiger partial charge in [0.15, 0.2) is 0 Å². The number of anilines is 1. The maximum absolute atomic E-state index is 12.8. The van der Waals surface area contributed by atoms with Gasteiger partial charge in [0.25, 0.3) is 5.91 Å². The van der Waals surface area contributed by atoms with Crippen molar-refractivity contribution in [1.29, 1.82) is 0 Å². The zero-order chi connectivity index (χ0) is 17.9. The number of amides is 1. The standard InChI is InChI=1S/C21H26N2O2/c1-21(17-10-5-4-6-11-17)18-12-7-8-13-19(18)23(20(24)16-25-21)15-9-14-22(2)3/h4-8,10-13H,9,14-16H2,1-3H3. The third-order valence-electron chi connectivity index (χ3n) is 4.81. The van der Waals surface area contributed by atoms with Crippen molar-refractivity contribution in [3.63, 3.8) is 0 Å². The van der Waals surface area contributed by atoms with Gasteiger partial charge in [0, 0.05) is 12.1 Å². The number of carbonyl (C=O) groups excluding carboxylic acids is 1. The van der Waals surface area contributed by atoms with Crippen molar-refractivity contribution in [2.45, 2.75) is 18.9 Å². The Morgan fingerprint density at radius 2 is 1.76 bits per heavy atom. The van der Waals surface area contributed by atoms with Crippen molar-refractivity contribution in [2.75, 3.05) is 38.7 Å². The minimum Gasteiger partial charge on any atom is -0.356 e. The fraction of sp³-hybridized carbons (Fsp3) is 0.381. The SMILES string of the molecule is CN(C)CCCN1C(=O)COC(C)(c2ccccc2)c2ccccc21. The molecule has 1 aliphatic heterocycles. The van der Waals surface area contributed by atoms with Crippen LogP contribution in [-0.4, -0.2) is 44.6 Å². The molecule has 4 heteroatoms. The van der Waals surface area contributed by atoms with Gasteiger partial charge in [-0.05, 0) is 45.6 Å². The summed E-state index contributed by atoms with van der Waals surface area (Å²) in [7, 11) is 4.10. The molecule has 1 amide bonds. The Morgan fingerprint density at radius 3 is 2.48 bits per heavy atom. The average Bonchev–Trinajstić information content (AvgIpc) is 2.73. The van der Waals surface area contributed by atoms with E-state index in [-0.39, 0.29) is 12.5 Å². The summed E-state index contributed by atoms with van der Waals surface area (Å²) in [6.45, 7) is 3.78. The number of carbonyl (C=O) groups is 1. The van der Waals surface area contributed by atoms with E-state index in [2.05, 4.69) is 30.0 Å². The zero-order valence-corrected chi connectivity index (χ0v) is 15.2. The second-order valence-corrected chi connectivity index (χ2v) is 6.91. The summed E-state index contributed by atoms with van der Waals surface area (Å²) in [6, 6.07) is 18.2. The van der Waals surface area contributed by atoms with E-state index in [1.165, 1.54) is 0 Å². The molecule has 2 aromatic rings. The van der Waals surface area contributed by atoms with Crippen LogP contribution >= 0.6 is 0 Å². The Balaban J connectivity index is 2.00. The van der Waals surface area contributed by atoms with Crippen molar-refractivity contribution in [3.05, 3.63) is 65.7 Å². The van der Waals surface area contributed by atoms with Gasteiger partial charge < -0.3 is 14.5 Å². The fourth-order valence-corrected chi connectivity index (χ4v) is 3.39. The Bertz CT molecular complexity index is 730. The molecule has 0 spiro atoms. The Labute approximate surface area is 150 Å². The first-order valence-electron chi connectivity index (χ1n) is 8.76. The highest BCUT2D eigenvalue weighted by molar-refractivity contribution is 5.96. The second-order valence-electron chi connectivity index (χ2n) is 6.91. The maximum atomic E-state index is 12.8. The average molecular weight is 338 g/mol. The molecule has 2 aromatic carbocycles. The van der Waals surface area contributed by atoms with E-state index in [9.17, 15) is 4.79 Å². The number of ether oxygens (including phenoxy) is 1. The van der Waals surface area contributed by atoms with E-state index >= 15 is 0 Å². The molecule has 0 fully saturated rings. The fourth-order valence-electron chi connectivity index (χ4n) is 3.39. The van der Waals surface area contributed by atoms with Crippen LogP contribution in [-0.2, 0) is 15.1 Å². The topological polar surface area (TPSA) is 32.8 Å². The lowest BCUT2D eigenvalue weighted by molar-refractivity contribution is -0.126. The van der Waals surface area contributed by atoms with Crippen LogP contribution in [0, 0.1) is 0 Å². The summed E-state index contributed by atoms with van der Waals surface area (Å²) >= 11 is 0. The first kappa shape index (κ1) is 17.6. The summed E-state index contributed by atoms with van der Waals surface area (Å²) in [5.41, 5.74) is 2.42. The minimum absolute atomic E-state index is 0.0193. The zero-order valence-electron chi connectivity index (χ0n) is 15.2. The van der Waals surface area contributed by atoms with Gasteiger partial charge in [0.2, 0.25) is 0 Å². The van der Waals surface area contributed by atoms with Crippen LogP contribution in [0.1, 0.15) is 24.5 Å². The normalized spacial score (nSPS) is 20.5. The molecule has 1 unspecified atom stereocenters. The number of benzene rings is 2. The van der Waals surface area contributed by atoms with Crippen LogP contribution in [0.3, 0.4) is 0 Å². The molecular formula is C21H26N2O2. The highest BCUT2D eigenvalue weighted by Crippen LogP contribution is 2.40. The molecule has 0 aliphatic carbocycles. The molecule has 0 N–H and O–H groups in total. The van der Waals surface area contributed by atoms with Crippen molar-refractivity contribution in [3.8, 4) is 0 Å². The number of rotatable bonds is 5. The van der Waals surface area contributed by atoms with Crippen LogP contribution in [0.5, 0.6) is 0 Å². The first-order valence-corrected chi connectivity index (χ1v) is 8.76. The molecule has 0 radical (unpaired) electrons. The molecule has 1 aliphatic rings. The van der Waals surface area contributed by atoms with Crippen molar-refractivity contribution in [2.24, 2.45) is 0 Å². The summed E-state index contributed by atoms with van der Waals surface area (Å²) < 4.78 is 6.17. The highest BCUT2D eigenvalue weighted by Gasteiger charge is 2.38. The lowest BCUT2D eigenvalue weighted by Crippen LogP contribution is -2.35. The third kappa shape index (κ3) is 3.60. The summed E-state index contributed by atoms with van der Waals surface area (Å²) in [5, 5.41) is 0. The van der Waals surface area contributed by atoms with E-state index in [4.69, 9.17) is 4.74 Å². The molecule has 3 rings (SSSR count). The van der Waals surface area contributed by atoms with Gasteiger partial charge in [-0.2, -0.15) is 0 Å². The van der Waals surface area contributed by atoms with E-state index in [0.29, 0.717) is 6.54 Å². The van der Waals surface area contributed by atoms with Crippen molar-refractivity contribution < 1.29 is 9.53 Å². The van der Waals surface area contributed by atoms with Gasteiger partial charge in [-0.25, -0.2) is 0 Å². The minimum atomic E-state index is -0.635. The van der Waals surface area contributed by atoms with Crippen LogP contribution < -0.4 is 4.90 Å². The summed E-state index contributed by atoms with van der Waals surface area (Å²) in [5.74, 6) is 0.0193. The molecule has 4 nitrogen and oxygen atoms in total. The molecule has 0 saturated heterocycles. The first-order chi connectivity index (χ1) is 12.0. The van der Waals surface area contributed by atoms with Gasteiger partial charge in [-0.1, -0.05) is 48.5 Å². The highest BCUT2D eigenvalue weighted by atomic mass is 16.5. The van der Waals surface area contributed by atoms with Gasteiger partial charge >= 0.3 is 0 Å². The summed E-state index contributed by atoms with van der Waals surface area (Å²) in [6.07, 6.45) is 0.926. The Kier molecular flexibility index (Phi) is 5.21. The van der Waals surface area contributed by atoms with Crippen LogP contribution in [0.2, 0.25) is 0 Å². The number of hydrogen-bond donors (Lipinski definition) is 0. The van der Waals surface area contributed by atoms with Crippen LogP contribution in [0.15, 0.2) is 54.6 Å². The number of nitrogens with zero attached hydrogens (tertiary/aromatic N) is 2. The Morgan fingerprint density at radius 1 is 1.08 bits per heavy atom. The van der Waals surface area contributed by atoms with E-state index in [0.717, 1.165) is 29.8 Å². The largest absolute Gasteiger partial charge is 0.356 e. The molecule has 1 atom stereocenters. The van der Waals surface area contributed by atoms with Gasteiger partial charge in [-0.15, -0.1) is 0 Å². The third-order valence-corrected chi connectivity index (χ3v) is 4.81. The quantitative estimate of drug-likeness (QED) is 0.839. The molecule has 0 bridgehead atoms. The van der Waals surface area contributed by atoms with Crippen molar-refractivity contribution >= 4 is 11.6 Å². The number of hydrogen-bond acceptors (Lipinski definition) is 3. The molecule has 0 aromatic heterocycles. The molecular weight excluding hydrogens is 312 g/mol. The number of fused-ring (bicyclic) bond motifs is 1. The monoisotopic (exact) mass is 338 g/mol. The number of para-hydroxylation sites is 1. The Hall–Kier alpha value is -2.17. The second kappa shape index (κ2) is 7.38. The van der Waals surface area contributed by atoms with Gasteiger partial charge in [0.1, 0.15) is 12.2 Å². The molecule has 1 heterocycles. The van der Waals surface area contributed by atoms with Crippen molar-refractivity contribution in [1.82, 2.24) is 4.90 Å². The van der Waals surface area contributed by atoms with Gasteiger partial charge in [-0.3, -0.25) is 4.79 Å². The maximum Gasteiger partial charge on any atom is 0.253 e.